The molecule has 0 saturated carbocycles. The predicted molar refractivity (Wildman–Crippen MR) is 95.8 cm³/mol. The lowest BCUT2D eigenvalue weighted by molar-refractivity contribution is -0.274. The van der Waals surface area contributed by atoms with E-state index >= 15 is 0 Å². The van der Waals surface area contributed by atoms with Gasteiger partial charge in [0.15, 0.2) is 0 Å². The van der Waals surface area contributed by atoms with Crippen molar-refractivity contribution in [1.29, 1.82) is 0 Å². The van der Waals surface area contributed by atoms with Gasteiger partial charge >= 0.3 is 6.36 Å². The van der Waals surface area contributed by atoms with Gasteiger partial charge in [-0.1, -0.05) is 23.4 Å². The zero-order valence-electron chi connectivity index (χ0n) is 15.2. The van der Waals surface area contributed by atoms with E-state index in [2.05, 4.69) is 20.1 Å². The van der Waals surface area contributed by atoms with Crippen molar-refractivity contribution in [2.24, 2.45) is 5.16 Å². The quantitative estimate of drug-likeness (QED) is 0.275. The summed E-state index contributed by atoms with van der Waals surface area (Å²) >= 11 is 0. The van der Waals surface area contributed by atoms with Crippen molar-refractivity contribution in [3.05, 3.63) is 60.0 Å². The van der Waals surface area contributed by atoms with Crippen LogP contribution in [0.4, 0.5) is 13.2 Å². The number of hydrogen-bond acceptors (Lipinski definition) is 7. The normalized spacial score (nSPS) is 12.1. The Hall–Kier alpha value is -3.56. The molecule has 152 valence electrons. The summed E-state index contributed by atoms with van der Waals surface area (Å²) in [5.74, 6) is 0.897. The maximum Gasteiger partial charge on any atom is 0.573 e. The SMILES string of the molecule is Cc1nnc(-c2cccc(O/C(CCc3ccc(OC(F)(F)F)cc3)=N/O)c2)o1. The number of oxime groups is 1. The van der Waals surface area contributed by atoms with Crippen LogP contribution < -0.4 is 9.47 Å². The molecule has 3 aromatic rings. The average molecular weight is 407 g/mol. The van der Waals surface area contributed by atoms with Crippen molar-refractivity contribution in [1.82, 2.24) is 10.2 Å². The Morgan fingerprint density at radius 3 is 2.48 bits per heavy atom. The number of nitrogens with zero attached hydrogens (tertiary/aromatic N) is 3. The standard InChI is InChI=1S/C19H16F3N3O4/c1-12-23-24-18(27-12)14-3-2-4-16(11-14)28-17(25-26)10-7-13-5-8-15(9-6-13)29-19(20,21)22/h2-6,8-9,11,26H,7,10H2,1H3/b25-17+. The molecular weight excluding hydrogens is 391 g/mol. The molecule has 0 aliphatic heterocycles. The third-order valence-electron chi connectivity index (χ3n) is 3.74. The molecule has 1 aromatic heterocycles. The minimum Gasteiger partial charge on any atom is -0.440 e. The molecule has 7 nitrogen and oxygen atoms in total. The third-order valence-corrected chi connectivity index (χ3v) is 3.74. The smallest absolute Gasteiger partial charge is 0.440 e. The molecular formula is C19H16F3N3O4. The number of aryl methyl sites for hydroxylation is 2. The molecule has 0 atom stereocenters. The Morgan fingerprint density at radius 2 is 1.86 bits per heavy atom. The molecule has 0 aliphatic rings. The van der Waals surface area contributed by atoms with E-state index < -0.39 is 6.36 Å². The Morgan fingerprint density at radius 1 is 1.10 bits per heavy atom. The summed E-state index contributed by atoms with van der Waals surface area (Å²) in [5.41, 5.74) is 1.36. The van der Waals surface area contributed by atoms with Gasteiger partial charge in [0.2, 0.25) is 17.7 Å². The highest BCUT2D eigenvalue weighted by molar-refractivity contribution is 5.78. The number of ether oxygens (including phenoxy) is 2. The second kappa shape index (κ2) is 8.63. The van der Waals surface area contributed by atoms with E-state index in [4.69, 9.17) is 9.15 Å². The molecule has 3 rings (SSSR count). The number of halogens is 3. The van der Waals surface area contributed by atoms with E-state index in [0.29, 0.717) is 29.5 Å². The predicted octanol–water partition coefficient (Wildman–Crippen LogP) is 4.74. The molecule has 0 fully saturated rings. The fourth-order valence-electron chi connectivity index (χ4n) is 2.47. The van der Waals surface area contributed by atoms with E-state index in [1.54, 1.807) is 31.2 Å². The summed E-state index contributed by atoms with van der Waals surface area (Å²) in [6.45, 7) is 1.68. The lowest BCUT2D eigenvalue weighted by Gasteiger charge is -2.10. The lowest BCUT2D eigenvalue weighted by Crippen LogP contribution is -2.17. The lowest BCUT2D eigenvalue weighted by atomic mass is 10.1. The van der Waals surface area contributed by atoms with Crippen molar-refractivity contribution in [2.45, 2.75) is 26.1 Å². The maximum atomic E-state index is 12.2. The van der Waals surface area contributed by atoms with Gasteiger partial charge in [-0.15, -0.1) is 23.4 Å². The number of hydrogen-bond donors (Lipinski definition) is 1. The summed E-state index contributed by atoms with van der Waals surface area (Å²) < 4.78 is 51.3. The van der Waals surface area contributed by atoms with Gasteiger partial charge in [0.05, 0.1) is 0 Å². The molecule has 0 amide bonds. The Bertz CT molecular complexity index is 985. The van der Waals surface area contributed by atoms with Gasteiger partial charge in [-0.25, -0.2) is 0 Å². The fraction of sp³-hybridized carbons (Fsp3) is 0.211. The summed E-state index contributed by atoms with van der Waals surface area (Å²) in [5, 5.41) is 20.0. The number of alkyl halides is 3. The summed E-state index contributed by atoms with van der Waals surface area (Å²) in [6.07, 6.45) is -4.13. The number of benzene rings is 2. The molecule has 1 heterocycles. The first-order chi connectivity index (χ1) is 13.8. The first kappa shape index (κ1) is 20.2. The third kappa shape index (κ3) is 5.96. The van der Waals surface area contributed by atoms with E-state index in [1.807, 2.05) is 0 Å². The van der Waals surface area contributed by atoms with Crippen LogP contribution >= 0.6 is 0 Å². The van der Waals surface area contributed by atoms with Crippen LogP contribution in [0, 0.1) is 6.92 Å². The molecule has 0 saturated heterocycles. The van der Waals surface area contributed by atoms with Crippen molar-refractivity contribution in [3.63, 3.8) is 0 Å². The van der Waals surface area contributed by atoms with E-state index in [1.165, 1.54) is 24.3 Å². The minimum atomic E-state index is -4.74. The van der Waals surface area contributed by atoms with Crippen LogP contribution in [0.15, 0.2) is 58.1 Å². The highest BCUT2D eigenvalue weighted by Gasteiger charge is 2.30. The second-order valence-corrected chi connectivity index (χ2v) is 5.94. The van der Waals surface area contributed by atoms with Gasteiger partial charge < -0.3 is 19.1 Å². The number of aromatic nitrogens is 2. The van der Waals surface area contributed by atoms with Crippen LogP contribution in [0.3, 0.4) is 0 Å². The summed E-state index contributed by atoms with van der Waals surface area (Å²) in [7, 11) is 0. The largest absolute Gasteiger partial charge is 0.573 e. The highest BCUT2D eigenvalue weighted by Crippen LogP contribution is 2.24. The van der Waals surface area contributed by atoms with Gasteiger partial charge in [0.1, 0.15) is 11.5 Å². The minimum absolute atomic E-state index is 0.0412. The van der Waals surface area contributed by atoms with Crippen LogP contribution in [-0.4, -0.2) is 27.7 Å². The Labute approximate surface area is 163 Å². The zero-order chi connectivity index (χ0) is 20.9. The highest BCUT2D eigenvalue weighted by atomic mass is 19.4. The topological polar surface area (TPSA) is 90.0 Å². The van der Waals surface area contributed by atoms with Crippen LogP contribution in [-0.2, 0) is 6.42 Å². The van der Waals surface area contributed by atoms with Crippen molar-refractivity contribution in [2.75, 3.05) is 0 Å². The van der Waals surface area contributed by atoms with Gasteiger partial charge in [-0.05, 0) is 42.3 Å². The second-order valence-electron chi connectivity index (χ2n) is 5.94. The monoisotopic (exact) mass is 407 g/mol. The van der Waals surface area contributed by atoms with Crippen molar-refractivity contribution >= 4 is 5.90 Å². The van der Waals surface area contributed by atoms with Crippen LogP contribution in [0.1, 0.15) is 17.9 Å². The molecule has 29 heavy (non-hydrogen) atoms. The molecule has 0 radical (unpaired) electrons. The molecule has 0 unspecified atom stereocenters. The molecule has 0 spiro atoms. The molecule has 1 N–H and O–H groups in total. The van der Waals surface area contributed by atoms with Crippen LogP contribution in [0.25, 0.3) is 11.5 Å². The van der Waals surface area contributed by atoms with Crippen molar-refractivity contribution < 1.29 is 32.3 Å². The number of rotatable bonds is 6. The van der Waals surface area contributed by atoms with Crippen LogP contribution in [0.2, 0.25) is 0 Å². The summed E-state index contributed by atoms with van der Waals surface area (Å²) in [6, 6.07) is 12.2. The zero-order valence-corrected chi connectivity index (χ0v) is 15.2. The van der Waals surface area contributed by atoms with Crippen LogP contribution in [0.5, 0.6) is 11.5 Å². The van der Waals surface area contributed by atoms with E-state index in [0.717, 1.165) is 5.56 Å². The van der Waals surface area contributed by atoms with Gasteiger partial charge in [-0.2, -0.15) is 0 Å². The summed E-state index contributed by atoms with van der Waals surface area (Å²) in [4.78, 5) is 0. The molecule has 2 aromatic carbocycles. The first-order valence-electron chi connectivity index (χ1n) is 8.46. The van der Waals surface area contributed by atoms with Gasteiger partial charge in [0, 0.05) is 18.9 Å². The maximum absolute atomic E-state index is 12.2. The molecule has 10 heteroatoms. The average Bonchev–Trinajstić information content (AvgIpc) is 3.12. The molecule has 0 bridgehead atoms. The Kier molecular flexibility index (Phi) is 6.01. The molecule has 0 aliphatic carbocycles. The first-order valence-corrected chi connectivity index (χ1v) is 8.46. The Balaban J connectivity index is 1.60. The van der Waals surface area contributed by atoms with E-state index in [-0.39, 0.29) is 18.1 Å². The van der Waals surface area contributed by atoms with Gasteiger partial charge in [-0.3, -0.25) is 0 Å². The van der Waals surface area contributed by atoms with Crippen molar-refractivity contribution in [3.8, 4) is 23.0 Å². The van der Waals surface area contributed by atoms with E-state index in [9.17, 15) is 18.4 Å². The fourth-order valence-corrected chi connectivity index (χ4v) is 2.47. The van der Waals surface area contributed by atoms with Gasteiger partial charge in [0.25, 0.3) is 0 Å².